The van der Waals surface area contributed by atoms with Gasteiger partial charge in [0.05, 0.1) is 0 Å². The maximum Gasteiger partial charge on any atom is 0.248 e. The number of amides is 1. The van der Waals surface area contributed by atoms with E-state index in [4.69, 9.17) is 5.73 Å². The molecule has 1 aromatic heterocycles. The summed E-state index contributed by atoms with van der Waals surface area (Å²) in [5.41, 5.74) is 7.56. The second kappa shape index (κ2) is 6.14. The number of aryl methyl sites for hydroxylation is 1. The maximum atomic E-state index is 11.0. The van der Waals surface area contributed by atoms with Gasteiger partial charge in [0.15, 0.2) is 5.82 Å². The van der Waals surface area contributed by atoms with Gasteiger partial charge in [0, 0.05) is 29.4 Å². The van der Waals surface area contributed by atoms with Gasteiger partial charge in [-0.15, -0.1) is 0 Å². The van der Waals surface area contributed by atoms with Crippen LogP contribution in [0, 0.1) is 6.92 Å². The Morgan fingerprint density at radius 1 is 1.30 bits per heavy atom. The summed E-state index contributed by atoms with van der Waals surface area (Å²) in [6.45, 7) is 4.95. The average molecular weight is 270 g/mol. The van der Waals surface area contributed by atoms with Crippen molar-refractivity contribution in [2.45, 2.75) is 20.3 Å². The quantitative estimate of drug-likeness (QED) is 0.874. The zero-order valence-corrected chi connectivity index (χ0v) is 11.7. The highest BCUT2D eigenvalue weighted by molar-refractivity contribution is 5.93. The fourth-order valence-corrected chi connectivity index (χ4v) is 1.79. The van der Waals surface area contributed by atoms with Crippen molar-refractivity contribution in [2.24, 2.45) is 5.73 Å². The van der Waals surface area contributed by atoms with Crippen LogP contribution in [0.2, 0.25) is 0 Å². The molecule has 2 aromatic rings. The van der Waals surface area contributed by atoms with E-state index in [1.54, 1.807) is 30.5 Å². The molecule has 0 spiro atoms. The van der Waals surface area contributed by atoms with Crippen molar-refractivity contribution in [3.63, 3.8) is 0 Å². The molecule has 0 aliphatic rings. The molecule has 2 rings (SSSR count). The minimum Gasteiger partial charge on any atom is -0.370 e. The summed E-state index contributed by atoms with van der Waals surface area (Å²) >= 11 is 0. The van der Waals surface area contributed by atoms with Crippen molar-refractivity contribution in [3.8, 4) is 11.4 Å². The number of carbonyl (C=O) groups is 1. The number of primary amides is 1. The summed E-state index contributed by atoms with van der Waals surface area (Å²) in [6, 6.07) is 6.96. The smallest absolute Gasteiger partial charge is 0.248 e. The van der Waals surface area contributed by atoms with Crippen molar-refractivity contribution in [1.29, 1.82) is 0 Å². The van der Waals surface area contributed by atoms with Crippen LogP contribution in [-0.4, -0.2) is 22.4 Å². The molecule has 0 unspecified atom stereocenters. The van der Waals surface area contributed by atoms with Crippen molar-refractivity contribution in [2.75, 3.05) is 11.9 Å². The number of benzene rings is 1. The highest BCUT2D eigenvalue weighted by atomic mass is 16.1. The number of nitrogens with one attached hydrogen (secondary N) is 1. The Morgan fingerprint density at radius 2 is 2.00 bits per heavy atom. The molecule has 1 amide bonds. The van der Waals surface area contributed by atoms with E-state index in [-0.39, 0.29) is 0 Å². The van der Waals surface area contributed by atoms with Crippen molar-refractivity contribution < 1.29 is 4.79 Å². The number of nitrogens with two attached hydrogens (primary N) is 1. The number of anilines is 1. The van der Waals surface area contributed by atoms with Gasteiger partial charge < -0.3 is 11.1 Å². The molecular formula is C15H18N4O. The second-order valence-electron chi connectivity index (χ2n) is 4.59. The van der Waals surface area contributed by atoms with Crippen LogP contribution < -0.4 is 11.1 Å². The molecule has 0 saturated carbocycles. The molecule has 5 nitrogen and oxygen atoms in total. The number of hydrogen-bond acceptors (Lipinski definition) is 4. The minimum absolute atomic E-state index is 0.438. The molecule has 3 N–H and O–H groups in total. The first-order valence-electron chi connectivity index (χ1n) is 6.59. The van der Waals surface area contributed by atoms with Crippen LogP contribution in [0.25, 0.3) is 11.4 Å². The molecule has 0 saturated heterocycles. The highest BCUT2D eigenvalue weighted by Gasteiger charge is 2.07. The zero-order chi connectivity index (χ0) is 14.5. The lowest BCUT2D eigenvalue weighted by molar-refractivity contribution is 0.100. The SMILES string of the molecule is CCCNc1nc(-c2ccc(C(N)=O)cc2)ncc1C. The van der Waals surface area contributed by atoms with Gasteiger partial charge in [-0.25, -0.2) is 9.97 Å². The largest absolute Gasteiger partial charge is 0.370 e. The monoisotopic (exact) mass is 270 g/mol. The van der Waals surface area contributed by atoms with Gasteiger partial charge in [-0.3, -0.25) is 4.79 Å². The molecule has 0 bridgehead atoms. The van der Waals surface area contributed by atoms with E-state index < -0.39 is 5.91 Å². The van der Waals surface area contributed by atoms with E-state index in [0.29, 0.717) is 11.4 Å². The van der Waals surface area contributed by atoms with Gasteiger partial charge in [0.25, 0.3) is 0 Å². The lowest BCUT2D eigenvalue weighted by Crippen LogP contribution is -2.10. The zero-order valence-electron chi connectivity index (χ0n) is 11.7. The predicted molar refractivity (Wildman–Crippen MR) is 79.5 cm³/mol. The molecule has 5 heteroatoms. The fraction of sp³-hybridized carbons (Fsp3) is 0.267. The normalized spacial score (nSPS) is 10.3. The minimum atomic E-state index is -0.438. The first-order chi connectivity index (χ1) is 9.61. The Bertz CT molecular complexity index is 608. The Morgan fingerprint density at radius 3 is 2.60 bits per heavy atom. The Hall–Kier alpha value is -2.43. The maximum absolute atomic E-state index is 11.0. The van der Waals surface area contributed by atoms with Gasteiger partial charge in [0.2, 0.25) is 5.91 Å². The van der Waals surface area contributed by atoms with Crippen LogP contribution in [0.4, 0.5) is 5.82 Å². The first kappa shape index (κ1) is 14.0. The molecular weight excluding hydrogens is 252 g/mol. The molecule has 0 aliphatic heterocycles. The average Bonchev–Trinajstić information content (AvgIpc) is 2.46. The topological polar surface area (TPSA) is 80.9 Å². The predicted octanol–water partition coefficient (Wildman–Crippen LogP) is 2.37. The molecule has 1 heterocycles. The van der Waals surface area contributed by atoms with Crippen molar-refractivity contribution in [3.05, 3.63) is 41.6 Å². The summed E-state index contributed by atoms with van der Waals surface area (Å²) in [5, 5.41) is 3.28. The van der Waals surface area contributed by atoms with E-state index in [2.05, 4.69) is 22.2 Å². The van der Waals surface area contributed by atoms with E-state index in [0.717, 1.165) is 29.9 Å². The summed E-state index contributed by atoms with van der Waals surface area (Å²) < 4.78 is 0. The molecule has 1 aromatic carbocycles. The molecule has 0 aliphatic carbocycles. The molecule has 20 heavy (non-hydrogen) atoms. The first-order valence-corrected chi connectivity index (χ1v) is 6.59. The van der Waals surface area contributed by atoms with Gasteiger partial charge in [-0.1, -0.05) is 19.1 Å². The molecule has 0 radical (unpaired) electrons. The third-order valence-corrected chi connectivity index (χ3v) is 2.94. The molecule has 104 valence electrons. The lowest BCUT2D eigenvalue weighted by Gasteiger charge is -2.09. The lowest BCUT2D eigenvalue weighted by atomic mass is 10.1. The van der Waals surface area contributed by atoms with Gasteiger partial charge in [-0.2, -0.15) is 0 Å². The third-order valence-electron chi connectivity index (χ3n) is 2.94. The fourth-order valence-electron chi connectivity index (χ4n) is 1.79. The van der Waals surface area contributed by atoms with Crippen molar-refractivity contribution in [1.82, 2.24) is 9.97 Å². The summed E-state index contributed by atoms with van der Waals surface area (Å²) in [4.78, 5) is 19.9. The van der Waals surface area contributed by atoms with Crippen LogP contribution >= 0.6 is 0 Å². The molecule has 0 atom stereocenters. The van der Waals surface area contributed by atoms with Gasteiger partial charge in [0.1, 0.15) is 5.82 Å². The third kappa shape index (κ3) is 3.12. The van der Waals surface area contributed by atoms with Crippen LogP contribution in [0.5, 0.6) is 0 Å². The van der Waals surface area contributed by atoms with E-state index in [9.17, 15) is 4.79 Å². The number of aromatic nitrogens is 2. The highest BCUT2D eigenvalue weighted by Crippen LogP contribution is 2.19. The van der Waals surface area contributed by atoms with Gasteiger partial charge in [-0.05, 0) is 25.5 Å². The number of carbonyl (C=O) groups excluding carboxylic acids is 1. The Balaban J connectivity index is 2.30. The Kier molecular flexibility index (Phi) is 4.30. The van der Waals surface area contributed by atoms with Crippen LogP contribution in [0.15, 0.2) is 30.5 Å². The van der Waals surface area contributed by atoms with Gasteiger partial charge >= 0.3 is 0 Å². The van der Waals surface area contributed by atoms with E-state index in [1.807, 2.05) is 6.92 Å². The van der Waals surface area contributed by atoms with Crippen molar-refractivity contribution >= 4 is 11.7 Å². The summed E-state index contributed by atoms with van der Waals surface area (Å²) in [5.74, 6) is 1.03. The van der Waals surface area contributed by atoms with Crippen LogP contribution in [0.1, 0.15) is 29.3 Å². The number of rotatable bonds is 5. The van der Waals surface area contributed by atoms with E-state index in [1.165, 1.54) is 0 Å². The Labute approximate surface area is 118 Å². The standard InChI is InChI=1S/C15H18N4O/c1-3-8-17-14-10(2)9-18-15(19-14)12-6-4-11(5-7-12)13(16)20/h4-7,9H,3,8H2,1-2H3,(H2,16,20)(H,17,18,19). The van der Waals surface area contributed by atoms with Crippen LogP contribution in [0.3, 0.4) is 0 Å². The number of hydrogen-bond donors (Lipinski definition) is 2. The van der Waals surface area contributed by atoms with E-state index >= 15 is 0 Å². The summed E-state index contributed by atoms with van der Waals surface area (Å²) in [7, 11) is 0. The second-order valence-corrected chi connectivity index (χ2v) is 4.59. The number of nitrogens with zero attached hydrogens (tertiary/aromatic N) is 2. The van der Waals surface area contributed by atoms with Crippen LogP contribution in [-0.2, 0) is 0 Å². The summed E-state index contributed by atoms with van der Waals surface area (Å²) in [6.07, 6.45) is 2.83. The molecule has 0 fully saturated rings.